The topological polar surface area (TPSA) is 81.7 Å². The molecular weight excluding hydrogens is 394 g/mol. The van der Waals surface area contributed by atoms with Gasteiger partial charge in [0.15, 0.2) is 6.10 Å². The lowest BCUT2D eigenvalue weighted by Gasteiger charge is -2.23. The van der Waals surface area contributed by atoms with Crippen molar-refractivity contribution >= 4 is 23.3 Å². The maximum atomic E-state index is 12.9. The Bertz CT molecular complexity index is 1030. The van der Waals surface area contributed by atoms with Crippen LogP contribution in [0.15, 0.2) is 48.5 Å². The number of fused-ring (bicyclic) bond motifs is 1. The van der Waals surface area contributed by atoms with E-state index < -0.39 is 6.10 Å². The Hall–Kier alpha value is -3.15. The Morgan fingerprint density at radius 3 is 2.48 bits per heavy atom. The van der Waals surface area contributed by atoms with Gasteiger partial charge in [-0.25, -0.2) is 0 Å². The number of rotatable bonds is 6. The lowest BCUT2D eigenvalue weighted by atomic mass is 9.79. The van der Waals surface area contributed by atoms with E-state index >= 15 is 0 Å². The molecule has 6 heteroatoms. The van der Waals surface area contributed by atoms with E-state index in [4.69, 9.17) is 9.47 Å². The van der Waals surface area contributed by atoms with E-state index in [9.17, 15) is 14.4 Å². The van der Waals surface area contributed by atoms with Crippen LogP contribution in [0, 0.1) is 30.6 Å². The number of benzene rings is 2. The fourth-order valence-electron chi connectivity index (χ4n) is 5.42. The van der Waals surface area contributed by atoms with E-state index in [0.29, 0.717) is 17.0 Å². The molecule has 1 N–H and O–H groups in total. The molecule has 6 atom stereocenters. The van der Waals surface area contributed by atoms with Crippen molar-refractivity contribution in [1.82, 2.24) is 0 Å². The number of ether oxygens (including phenoxy) is 2. The van der Waals surface area contributed by atoms with Crippen molar-refractivity contribution in [1.29, 1.82) is 0 Å². The standard InChI is InChI=1S/C25H25NO5/c1-13-3-5-15(6-4-13)23(27)14(2)30-18-9-7-17(8-10-18)26-24(28)21-16-11-19-20(12-16)31-25(29)22(19)21/h3-10,14,16,19-22H,11-12H2,1-2H3,(H,26,28)/t14-,16+,19+,20+,21-,22-/m0/s1. The van der Waals surface area contributed by atoms with E-state index in [0.717, 1.165) is 18.4 Å². The summed E-state index contributed by atoms with van der Waals surface area (Å²) in [6.45, 7) is 3.70. The van der Waals surface area contributed by atoms with Crippen LogP contribution in [0.5, 0.6) is 5.75 Å². The summed E-state index contributed by atoms with van der Waals surface area (Å²) in [7, 11) is 0. The van der Waals surface area contributed by atoms with Crippen LogP contribution in [0.2, 0.25) is 0 Å². The first-order valence-corrected chi connectivity index (χ1v) is 10.8. The van der Waals surface area contributed by atoms with Crippen LogP contribution in [-0.4, -0.2) is 29.9 Å². The molecule has 1 heterocycles. The number of carbonyl (C=O) groups excluding carboxylic acids is 3. The fourth-order valence-corrected chi connectivity index (χ4v) is 5.42. The summed E-state index contributed by atoms with van der Waals surface area (Å²) in [6, 6.07) is 14.4. The van der Waals surface area contributed by atoms with Crippen molar-refractivity contribution in [2.45, 2.75) is 38.9 Å². The fraction of sp³-hybridized carbons (Fsp3) is 0.400. The lowest BCUT2D eigenvalue weighted by molar-refractivity contribution is -0.145. The molecule has 0 radical (unpaired) electrons. The van der Waals surface area contributed by atoms with E-state index in [1.807, 2.05) is 19.1 Å². The number of nitrogens with one attached hydrogen (secondary N) is 1. The van der Waals surface area contributed by atoms with Crippen LogP contribution in [0.25, 0.3) is 0 Å². The van der Waals surface area contributed by atoms with Crippen LogP contribution in [0.3, 0.4) is 0 Å². The summed E-state index contributed by atoms with van der Waals surface area (Å²) < 4.78 is 11.2. The van der Waals surface area contributed by atoms with Gasteiger partial charge in [-0.05, 0) is 56.9 Å². The van der Waals surface area contributed by atoms with Gasteiger partial charge in [-0.15, -0.1) is 0 Å². The maximum Gasteiger partial charge on any atom is 0.310 e. The van der Waals surface area contributed by atoms with Crippen LogP contribution in [0.1, 0.15) is 35.7 Å². The average Bonchev–Trinajstić information content (AvgIpc) is 3.38. The normalized spacial score (nSPS) is 28.8. The molecule has 3 fully saturated rings. The zero-order valence-electron chi connectivity index (χ0n) is 17.5. The Morgan fingerprint density at radius 2 is 1.77 bits per heavy atom. The highest BCUT2D eigenvalue weighted by Crippen LogP contribution is 2.57. The third kappa shape index (κ3) is 3.50. The van der Waals surface area contributed by atoms with Crippen molar-refractivity contribution in [3.05, 3.63) is 59.7 Å². The Kier molecular flexibility index (Phi) is 4.80. The number of aryl methyl sites for hydroxylation is 1. The van der Waals surface area contributed by atoms with Crippen LogP contribution >= 0.6 is 0 Å². The first kappa shape index (κ1) is 19.8. The number of hydrogen-bond donors (Lipinski definition) is 1. The largest absolute Gasteiger partial charge is 0.483 e. The van der Waals surface area contributed by atoms with E-state index in [1.165, 1.54) is 0 Å². The van der Waals surface area contributed by atoms with Gasteiger partial charge < -0.3 is 14.8 Å². The second kappa shape index (κ2) is 7.52. The van der Waals surface area contributed by atoms with Crippen molar-refractivity contribution in [3.63, 3.8) is 0 Å². The smallest absolute Gasteiger partial charge is 0.310 e. The van der Waals surface area contributed by atoms with Crippen molar-refractivity contribution < 1.29 is 23.9 Å². The number of ketones is 1. The second-order valence-corrected chi connectivity index (χ2v) is 8.93. The molecular formula is C25H25NO5. The van der Waals surface area contributed by atoms with E-state index in [1.54, 1.807) is 43.3 Å². The number of carbonyl (C=O) groups is 3. The van der Waals surface area contributed by atoms with Gasteiger partial charge >= 0.3 is 5.97 Å². The molecule has 2 aromatic carbocycles. The van der Waals surface area contributed by atoms with Crippen LogP contribution in [-0.2, 0) is 14.3 Å². The highest BCUT2D eigenvalue weighted by molar-refractivity contribution is 5.99. The summed E-state index contributed by atoms with van der Waals surface area (Å²) in [5.41, 5.74) is 2.35. The lowest BCUT2D eigenvalue weighted by Crippen LogP contribution is -2.35. The van der Waals surface area contributed by atoms with E-state index in [-0.39, 0.29) is 47.4 Å². The first-order valence-electron chi connectivity index (χ1n) is 10.8. The van der Waals surface area contributed by atoms with Gasteiger partial charge in [0.05, 0.1) is 11.8 Å². The van der Waals surface area contributed by atoms with Gasteiger partial charge in [0.25, 0.3) is 0 Å². The first-order chi connectivity index (χ1) is 14.9. The molecule has 6 nitrogen and oxygen atoms in total. The molecule has 1 aliphatic heterocycles. The maximum absolute atomic E-state index is 12.9. The highest BCUT2D eigenvalue weighted by atomic mass is 16.6. The monoisotopic (exact) mass is 419 g/mol. The molecule has 160 valence electrons. The summed E-state index contributed by atoms with van der Waals surface area (Å²) in [4.78, 5) is 37.6. The molecule has 5 rings (SSSR count). The molecule has 2 bridgehead atoms. The number of esters is 1. The number of Topliss-reactive ketones (excluding diaryl/α,β-unsaturated/α-hetero) is 1. The van der Waals surface area contributed by atoms with Gasteiger partial charge in [0.2, 0.25) is 11.7 Å². The van der Waals surface area contributed by atoms with Gasteiger partial charge in [-0.1, -0.05) is 29.8 Å². The molecule has 0 aromatic heterocycles. The molecule has 3 aliphatic rings. The minimum Gasteiger partial charge on any atom is -0.483 e. The third-order valence-corrected chi connectivity index (χ3v) is 6.93. The second-order valence-electron chi connectivity index (χ2n) is 8.93. The highest BCUT2D eigenvalue weighted by Gasteiger charge is 2.63. The molecule has 2 saturated carbocycles. The van der Waals surface area contributed by atoms with Crippen LogP contribution in [0.4, 0.5) is 5.69 Å². The minimum absolute atomic E-state index is 0.0209. The minimum atomic E-state index is -0.626. The predicted octanol–water partition coefficient (Wildman–Crippen LogP) is 3.78. The van der Waals surface area contributed by atoms with E-state index in [2.05, 4.69) is 5.32 Å². The molecule has 1 saturated heterocycles. The molecule has 0 spiro atoms. The van der Waals surface area contributed by atoms with Crippen LogP contribution < -0.4 is 10.1 Å². The van der Waals surface area contributed by atoms with Gasteiger partial charge in [0, 0.05) is 17.2 Å². The summed E-state index contributed by atoms with van der Waals surface area (Å²) >= 11 is 0. The van der Waals surface area contributed by atoms with Crippen molar-refractivity contribution in [2.24, 2.45) is 23.7 Å². The summed E-state index contributed by atoms with van der Waals surface area (Å²) in [6.07, 6.45) is 1.09. The molecule has 2 aliphatic carbocycles. The summed E-state index contributed by atoms with van der Waals surface area (Å²) in [5.74, 6) is -0.0420. The zero-order valence-corrected chi connectivity index (χ0v) is 17.5. The number of amides is 1. The van der Waals surface area contributed by atoms with Crippen molar-refractivity contribution in [2.75, 3.05) is 5.32 Å². The van der Waals surface area contributed by atoms with Crippen molar-refractivity contribution in [3.8, 4) is 5.75 Å². The molecule has 31 heavy (non-hydrogen) atoms. The quantitative estimate of drug-likeness (QED) is 0.569. The van der Waals surface area contributed by atoms with Gasteiger partial charge in [0.1, 0.15) is 11.9 Å². The average molecular weight is 419 g/mol. The third-order valence-electron chi connectivity index (χ3n) is 6.93. The zero-order chi connectivity index (χ0) is 21.7. The Balaban J connectivity index is 1.20. The molecule has 2 aromatic rings. The molecule has 0 unspecified atom stereocenters. The molecule has 1 amide bonds. The Labute approximate surface area is 180 Å². The SMILES string of the molecule is Cc1ccc(C(=O)[C@H](C)Oc2ccc(NC(=O)[C@H]3[C@@H]4C[C@H]5[C@@H]3C(=O)O[C@@H]5C4)cc2)cc1. The summed E-state index contributed by atoms with van der Waals surface area (Å²) in [5, 5.41) is 2.94. The number of anilines is 1. The van der Waals surface area contributed by atoms with Gasteiger partial charge in [-0.3, -0.25) is 14.4 Å². The Morgan fingerprint density at radius 1 is 1.06 bits per heavy atom. The van der Waals surface area contributed by atoms with Gasteiger partial charge in [-0.2, -0.15) is 0 Å². The predicted molar refractivity (Wildman–Crippen MR) is 114 cm³/mol. The number of hydrogen-bond acceptors (Lipinski definition) is 5.